The summed E-state index contributed by atoms with van der Waals surface area (Å²) in [5, 5.41) is 3.96. The Balaban J connectivity index is 1.72. The van der Waals surface area contributed by atoms with Crippen LogP contribution in [-0.2, 0) is 13.1 Å². The van der Waals surface area contributed by atoms with E-state index in [1.54, 1.807) is 6.26 Å². The van der Waals surface area contributed by atoms with Gasteiger partial charge in [-0.2, -0.15) is 0 Å². The van der Waals surface area contributed by atoms with E-state index in [9.17, 15) is 0 Å². The van der Waals surface area contributed by atoms with Gasteiger partial charge in [0.05, 0.1) is 19.4 Å². The van der Waals surface area contributed by atoms with Crippen molar-refractivity contribution in [2.24, 2.45) is 0 Å². The van der Waals surface area contributed by atoms with Crippen molar-refractivity contribution in [2.75, 3.05) is 11.9 Å². The van der Waals surface area contributed by atoms with Crippen LogP contribution in [0, 0.1) is 6.92 Å². The molecule has 1 heterocycles. The summed E-state index contributed by atoms with van der Waals surface area (Å²) in [6, 6.07) is 20.1. The number of furan rings is 1. The Labute approximate surface area is 165 Å². The maximum Gasteiger partial charge on any atom is 0.174 e. The summed E-state index contributed by atoms with van der Waals surface area (Å²) >= 11 is 5.68. The maximum absolute atomic E-state index is 5.68. The molecule has 3 aromatic rings. The summed E-state index contributed by atoms with van der Waals surface area (Å²) in [5.74, 6) is 1.72. The molecular weight excluding hydrogens is 356 g/mol. The van der Waals surface area contributed by atoms with Gasteiger partial charge in [0.2, 0.25) is 0 Å². The predicted molar refractivity (Wildman–Crippen MR) is 113 cm³/mol. The molecule has 4 nitrogen and oxygen atoms in total. The minimum atomic E-state index is 0.601. The zero-order valence-electron chi connectivity index (χ0n) is 15.6. The quantitative estimate of drug-likeness (QED) is 0.557. The Morgan fingerprint density at radius 1 is 1.04 bits per heavy atom. The number of benzene rings is 2. The molecule has 0 saturated carbocycles. The number of rotatable bonds is 7. The molecule has 0 fully saturated rings. The fraction of sp³-hybridized carbons (Fsp3) is 0.227. The highest BCUT2D eigenvalue weighted by atomic mass is 32.1. The Bertz CT molecular complexity index is 843. The van der Waals surface area contributed by atoms with Crippen molar-refractivity contribution in [3.8, 4) is 5.75 Å². The first kappa shape index (κ1) is 19.0. The SMILES string of the molecule is CCOc1ccc(NC(=S)N(Cc2ccc(C)cc2)Cc2ccco2)cc1. The van der Waals surface area contributed by atoms with Crippen molar-refractivity contribution in [1.29, 1.82) is 0 Å². The molecule has 0 aliphatic heterocycles. The van der Waals surface area contributed by atoms with Gasteiger partial charge in [-0.1, -0.05) is 29.8 Å². The Morgan fingerprint density at radius 3 is 2.41 bits per heavy atom. The lowest BCUT2D eigenvalue weighted by molar-refractivity contribution is 0.340. The molecule has 27 heavy (non-hydrogen) atoms. The molecule has 0 aliphatic carbocycles. The van der Waals surface area contributed by atoms with Crippen LogP contribution < -0.4 is 10.1 Å². The monoisotopic (exact) mass is 380 g/mol. The Hall–Kier alpha value is -2.79. The first-order valence-corrected chi connectivity index (χ1v) is 9.41. The summed E-state index contributed by atoms with van der Waals surface area (Å²) < 4.78 is 11.0. The molecule has 1 N–H and O–H groups in total. The van der Waals surface area contributed by atoms with E-state index in [1.807, 2.05) is 43.3 Å². The normalized spacial score (nSPS) is 10.4. The molecular formula is C22H24N2O2S. The summed E-state index contributed by atoms with van der Waals surface area (Å²) in [6.07, 6.45) is 1.68. The number of ether oxygens (including phenoxy) is 1. The van der Waals surface area contributed by atoms with Gasteiger partial charge in [-0.3, -0.25) is 0 Å². The van der Waals surface area contributed by atoms with Crippen molar-refractivity contribution in [2.45, 2.75) is 26.9 Å². The van der Waals surface area contributed by atoms with E-state index < -0.39 is 0 Å². The van der Waals surface area contributed by atoms with Gasteiger partial charge < -0.3 is 19.4 Å². The molecule has 0 aliphatic rings. The van der Waals surface area contributed by atoms with Crippen LogP contribution in [0.3, 0.4) is 0 Å². The average molecular weight is 381 g/mol. The van der Waals surface area contributed by atoms with Crippen LogP contribution in [0.1, 0.15) is 23.8 Å². The number of hydrogen-bond acceptors (Lipinski definition) is 3. The summed E-state index contributed by atoms with van der Waals surface area (Å²) in [4.78, 5) is 2.09. The lowest BCUT2D eigenvalue weighted by atomic mass is 10.1. The first-order chi connectivity index (χ1) is 13.1. The molecule has 0 saturated heterocycles. The van der Waals surface area contributed by atoms with Crippen LogP contribution >= 0.6 is 12.2 Å². The van der Waals surface area contributed by atoms with Gasteiger partial charge in [-0.15, -0.1) is 0 Å². The summed E-state index contributed by atoms with van der Waals surface area (Å²) in [6.45, 7) is 6.01. The third-order valence-electron chi connectivity index (χ3n) is 4.12. The van der Waals surface area contributed by atoms with Gasteiger partial charge in [0.25, 0.3) is 0 Å². The van der Waals surface area contributed by atoms with Gasteiger partial charge >= 0.3 is 0 Å². The number of thiocarbonyl (C=S) groups is 1. The van der Waals surface area contributed by atoms with Crippen molar-refractivity contribution in [1.82, 2.24) is 4.90 Å². The Kier molecular flexibility index (Phi) is 6.49. The largest absolute Gasteiger partial charge is 0.494 e. The smallest absolute Gasteiger partial charge is 0.174 e. The van der Waals surface area contributed by atoms with Gasteiger partial charge in [0, 0.05) is 12.2 Å². The molecule has 3 rings (SSSR count). The average Bonchev–Trinajstić information content (AvgIpc) is 3.18. The molecule has 0 spiro atoms. The van der Waals surface area contributed by atoms with Crippen LogP contribution in [-0.4, -0.2) is 16.6 Å². The van der Waals surface area contributed by atoms with Crippen molar-refractivity contribution < 1.29 is 9.15 Å². The molecule has 0 bridgehead atoms. The third-order valence-corrected chi connectivity index (χ3v) is 4.48. The van der Waals surface area contributed by atoms with Crippen LogP contribution in [0.5, 0.6) is 5.75 Å². The van der Waals surface area contributed by atoms with Crippen molar-refractivity contribution >= 4 is 23.0 Å². The van der Waals surface area contributed by atoms with E-state index in [4.69, 9.17) is 21.4 Å². The minimum absolute atomic E-state index is 0.601. The molecule has 0 amide bonds. The van der Waals surface area contributed by atoms with E-state index in [1.165, 1.54) is 11.1 Å². The second-order valence-corrected chi connectivity index (χ2v) is 6.70. The van der Waals surface area contributed by atoms with E-state index in [2.05, 4.69) is 41.4 Å². The molecule has 2 aromatic carbocycles. The van der Waals surface area contributed by atoms with E-state index in [-0.39, 0.29) is 0 Å². The molecule has 1 aromatic heterocycles. The summed E-state index contributed by atoms with van der Waals surface area (Å²) in [7, 11) is 0. The minimum Gasteiger partial charge on any atom is -0.494 e. The highest BCUT2D eigenvalue weighted by molar-refractivity contribution is 7.80. The molecule has 5 heteroatoms. The maximum atomic E-state index is 5.68. The second-order valence-electron chi connectivity index (χ2n) is 6.31. The lowest BCUT2D eigenvalue weighted by Crippen LogP contribution is -2.33. The number of nitrogens with zero attached hydrogens (tertiary/aromatic N) is 1. The van der Waals surface area contributed by atoms with E-state index in [0.29, 0.717) is 24.8 Å². The Morgan fingerprint density at radius 2 is 1.78 bits per heavy atom. The van der Waals surface area contributed by atoms with Gasteiger partial charge in [-0.05, 0) is 68.0 Å². The van der Waals surface area contributed by atoms with Crippen LogP contribution in [0.2, 0.25) is 0 Å². The van der Waals surface area contributed by atoms with Gasteiger partial charge in [-0.25, -0.2) is 0 Å². The van der Waals surface area contributed by atoms with Crippen LogP contribution in [0.15, 0.2) is 71.3 Å². The zero-order chi connectivity index (χ0) is 19.1. The molecule has 0 atom stereocenters. The number of hydrogen-bond donors (Lipinski definition) is 1. The highest BCUT2D eigenvalue weighted by Crippen LogP contribution is 2.18. The number of anilines is 1. The number of nitrogens with one attached hydrogen (secondary N) is 1. The van der Waals surface area contributed by atoms with Crippen LogP contribution in [0.25, 0.3) is 0 Å². The van der Waals surface area contributed by atoms with E-state index in [0.717, 1.165) is 17.2 Å². The standard InChI is InChI=1S/C22H24N2O2S/c1-3-25-20-12-10-19(11-13-20)23-22(27)24(16-21-5-4-14-26-21)15-18-8-6-17(2)7-9-18/h4-14H,3,15-16H2,1-2H3,(H,23,27). The van der Waals surface area contributed by atoms with Crippen LogP contribution in [0.4, 0.5) is 5.69 Å². The fourth-order valence-electron chi connectivity index (χ4n) is 2.71. The second kappa shape index (κ2) is 9.24. The van der Waals surface area contributed by atoms with Crippen molar-refractivity contribution in [3.63, 3.8) is 0 Å². The summed E-state index contributed by atoms with van der Waals surface area (Å²) in [5.41, 5.74) is 3.37. The first-order valence-electron chi connectivity index (χ1n) is 9.01. The fourth-order valence-corrected chi connectivity index (χ4v) is 2.95. The zero-order valence-corrected chi connectivity index (χ0v) is 16.5. The molecule has 0 radical (unpaired) electrons. The highest BCUT2D eigenvalue weighted by Gasteiger charge is 2.13. The lowest BCUT2D eigenvalue weighted by Gasteiger charge is -2.25. The van der Waals surface area contributed by atoms with Crippen molar-refractivity contribution in [3.05, 3.63) is 83.8 Å². The van der Waals surface area contributed by atoms with Gasteiger partial charge in [0.1, 0.15) is 11.5 Å². The van der Waals surface area contributed by atoms with Gasteiger partial charge in [0.15, 0.2) is 5.11 Å². The molecule has 0 unspecified atom stereocenters. The predicted octanol–water partition coefficient (Wildman–Crippen LogP) is 5.39. The number of aryl methyl sites for hydroxylation is 1. The third kappa shape index (κ3) is 5.59. The molecule has 140 valence electrons. The van der Waals surface area contributed by atoms with E-state index >= 15 is 0 Å². The topological polar surface area (TPSA) is 37.6 Å².